The molecule has 6 nitrogen and oxygen atoms in total. The molecule has 0 aliphatic carbocycles. The monoisotopic (exact) mass is 501 g/mol. The Morgan fingerprint density at radius 3 is 2.44 bits per heavy atom. The number of esters is 1. The largest absolute Gasteiger partial charge is 0.455 e. The second kappa shape index (κ2) is 10.7. The lowest BCUT2D eigenvalue weighted by atomic mass is 9.96. The van der Waals surface area contributed by atoms with Gasteiger partial charge in [-0.05, 0) is 30.1 Å². The van der Waals surface area contributed by atoms with Crippen molar-refractivity contribution in [3.8, 4) is 0 Å². The first kappa shape index (κ1) is 27.5. The minimum absolute atomic E-state index is 0.0247. The van der Waals surface area contributed by atoms with E-state index in [0.29, 0.717) is 16.8 Å². The van der Waals surface area contributed by atoms with Crippen LogP contribution in [0.15, 0.2) is 12.2 Å². The van der Waals surface area contributed by atoms with E-state index >= 15 is 0 Å². The molecule has 0 radical (unpaired) electrons. The van der Waals surface area contributed by atoms with E-state index in [1.165, 1.54) is 6.92 Å². The lowest BCUT2D eigenvalue weighted by molar-refractivity contribution is -0.161. The van der Waals surface area contributed by atoms with Crippen molar-refractivity contribution in [3.05, 3.63) is 12.2 Å². The standard InChI is InChI=1S/C23H39NO5S2Si/c1-14(2)17-13-31-22(30)24(17)21(26)15(3)18-10-11-19(28-16(4)25)20(29-18)12-27-32(8,9)23(5,6)7/h10-11,14-15,17-20H,12-13H2,1-9H3/t15-,17-,18+,19-,20+/m0/s1. The van der Waals surface area contributed by atoms with E-state index in [1.54, 1.807) is 16.7 Å². The summed E-state index contributed by atoms with van der Waals surface area (Å²) in [5, 5.41) is 0.0477. The van der Waals surface area contributed by atoms with Crippen LogP contribution in [0, 0.1) is 11.8 Å². The molecular weight excluding hydrogens is 462 g/mol. The zero-order valence-electron chi connectivity index (χ0n) is 20.8. The van der Waals surface area contributed by atoms with Gasteiger partial charge in [0, 0.05) is 18.7 Å². The van der Waals surface area contributed by atoms with Gasteiger partial charge in [0.15, 0.2) is 8.32 Å². The molecule has 182 valence electrons. The third-order valence-electron chi connectivity index (χ3n) is 6.70. The van der Waals surface area contributed by atoms with Gasteiger partial charge in [0.1, 0.15) is 16.5 Å². The fourth-order valence-corrected chi connectivity index (χ4v) is 6.10. The molecule has 0 unspecified atom stereocenters. The highest BCUT2D eigenvalue weighted by Gasteiger charge is 2.43. The molecule has 2 aliphatic heterocycles. The van der Waals surface area contributed by atoms with Crippen LogP contribution in [0.1, 0.15) is 48.5 Å². The number of nitrogens with zero attached hydrogens (tertiary/aromatic N) is 1. The zero-order chi connectivity index (χ0) is 24.4. The lowest BCUT2D eigenvalue weighted by Crippen LogP contribution is -2.51. The van der Waals surface area contributed by atoms with Crippen LogP contribution < -0.4 is 0 Å². The minimum Gasteiger partial charge on any atom is -0.455 e. The maximum absolute atomic E-state index is 13.4. The summed E-state index contributed by atoms with van der Waals surface area (Å²) in [6.07, 6.45) is 2.20. The molecule has 9 heteroatoms. The van der Waals surface area contributed by atoms with Crippen LogP contribution in [0.25, 0.3) is 0 Å². The van der Waals surface area contributed by atoms with Crippen LogP contribution in [0.2, 0.25) is 18.1 Å². The van der Waals surface area contributed by atoms with Crippen molar-refractivity contribution in [2.75, 3.05) is 12.4 Å². The maximum Gasteiger partial charge on any atom is 0.303 e. The molecule has 0 spiro atoms. The van der Waals surface area contributed by atoms with Crippen LogP contribution in [0.3, 0.4) is 0 Å². The first-order chi connectivity index (χ1) is 14.7. The highest BCUT2D eigenvalue weighted by Crippen LogP contribution is 2.37. The topological polar surface area (TPSA) is 65.1 Å². The van der Waals surface area contributed by atoms with Crippen molar-refractivity contribution in [1.29, 1.82) is 0 Å². The van der Waals surface area contributed by atoms with Crippen LogP contribution in [-0.2, 0) is 23.5 Å². The van der Waals surface area contributed by atoms with Crippen LogP contribution in [0.4, 0.5) is 0 Å². The number of rotatable bonds is 7. The van der Waals surface area contributed by atoms with E-state index < -0.39 is 32.5 Å². The molecule has 0 N–H and O–H groups in total. The molecule has 1 amide bonds. The molecular formula is C23H39NO5S2Si. The molecule has 0 bridgehead atoms. The second-order valence-electron chi connectivity index (χ2n) is 10.6. The molecule has 2 rings (SSSR count). The summed E-state index contributed by atoms with van der Waals surface area (Å²) in [6, 6.07) is 0.0986. The predicted octanol–water partition coefficient (Wildman–Crippen LogP) is 4.78. The summed E-state index contributed by atoms with van der Waals surface area (Å²) >= 11 is 7.04. The molecule has 0 aromatic carbocycles. The maximum atomic E-state index is 13.4. The summed E-state index contributed by atoms with van der Waals surface area (Å²) in [7, 11) is -2.02. The average molecular weight is 502 g/mol. The number of hydrogen-bond acceptors (Lipinski definition) is 7. The van der Waals surface area contributed by atoms with Crippen LogP contribution in [-0.4, -0.2) is 66.1 Å². The van der Waals surface area contributed by atoms with E-state index in [2.05, 4.69) is 47.7 Å². The summed E-state index contributed by atoms with van der Waals surface area (Å²) < 4.78 is 18.8. The Kier molecular flexibility index (Phi) is 9.17. The van der Waals surface area contributed by atoms with Crippen molar-refractivity contribution >= 4 is 48.5 Å². The van der Waals surface area contributed by atoms with Gasteiger partial charge in [0.05, 0.1) is 18.6 Å². The Labute approximate surface area is 203 Å². The third kappa shape index (κ3) is 6.43. The number of thioether (sulfide) groups is 1. The fraction of sp³-hybridized carbons (Fsp3) is 0.783. The van der Waals surface area contributed by atoms with Crippen molar-refractivity contribution in [1.82, 2.24) is 4.90 Å². The average Bonchev–Trinajstić information content (AvgIpc) is 3.06. The van der Waals surface area contributed by atoms with Crippen molar-refractivity contribution in [2.24, 2.45) is 11.8 Å². The van der Waals surface area contributed by atoms with Gasteiger partial charge in [-0.3, -0.25) is 14.5 Å². The van der Waals surface area contributed by atoms with Crippen LogP contribution >= 0.6 is 24.0 Å². The molecule has 2 heterocycles. The van der Waals surface area contributed by atoms with Crippen molar-refractivity contribution in [3.63, 3.8) is 0 Å². The molecule has 0 aromatic heterocycles. The van der Waals surface area contributed by atoms with Gasteiger partial charge in [-0.2, -0.15) is 0 Å². The van der Waals surface area contributed by atoms with Crippen molar-refractivity contribution in [2.45, 2.75) is 91.0 Å². The first-order valence-corrected chi connectivity index (χ1v) is 15.6. The van der Waals surface area contributed by atoms with Gasteiger partial charge in [-0.25, -0.2) is 0 Å². The van der Waals surface area contributed by atoms with Gasteiger partial charge >= 0.3 is 5.97 Å². The molecule has 1 saturated heterocycles. The number of ether oxygens (including phenoxy) is 2. The summed E-state index contributed by atoms with van der Waals surface area (Å²) in [5.41, 5.74) is 0. The molecule has 1 fully saturated rings. The van der Waals surface area contributed by atoms with E-state index in [4.69, 9.17) is 26.1 Å². The van der Waals surface area contributed by atoms with E-state index in [-0.39, 0.29) is 23.0 Å². The number of hydrogen-bond donors (Lipinski definition) is 0. The molecule has 0 aromatic rings. The van der Waals surface area contributed by atoms with Crippen molar-refractivity contribution < 1.29 is 23.5 Å². The van der Waals surface area contributed by atoms with Gasteiger partial charge in [-0.1, -0.05) is 71.6 Å². The first-order valence-electron chi connectivity index (χ1n) is 11.3. The fourth-order valence-electron chi connectivity index (χ4n) is 3.44. The SMILES string of the molecule is CC(=O)O[C@H]1C=C[C@H]([C@H](C)C(=O)N2C(=S)SC[C@H]2C(C)C)O[C@@H]1CO[Si](C)(C)C(C)(C)C. The molecule has 2 aliphatic rings. The highest BCUT2D eigenvalue weighted by molar-refractivity contribution is 8.23. The number of carbonyl (C=O) groups is 2. The normalized spacial score (nSPS) is 27.7. The van der Waals surface area contributed by atoms with E-state index in [1.807, 2.05) is 19.1 Å². The highest BCUT2D eigenvalue weighted by atomic mass is 32.2. The Hall–Kier alpha value is -0.743. The molecule has 0 saturated carbocycles. The number of thiocarbonyl (C=S) groups is 1. The summed E-state index contributed by atoms with van der Waals surface area (Å²) in [5.74, 6) is 0.331. The van der Waals surface area contributed by atoms with Gasteiger partial charge < -0.3 is 13.9 Å². The predicted molar refractivity (Wildman–Crippen MR) is 136 cm³/mol. The van der Waals surface area contributed by atoms with E-state index in [9.17, 15) is 9.59 Å². The summed E-state index contributed by atoms with van der Waals surface area (Å²) in [6.45, 7) is 18.7. The smallest absolute Gasteiger partial charge is 0.303 e. The van der Waals surface area contributed by atoms with Gasteiger partial charge in [0.2, 0.25) is 5.91 Å². The van der Waals surface area contributed by atoms with Gasteiger partial charge in [0.25, 0.3) is 0 Å². The van der Waals surface area contributed by atoms with E-state index in [0.717, 1.165) is 5.75 Å². The molecule has 32 heavy (non-hydrogen) atoms. The quantitative estimate of drug-likeness (QED) is 0.215. The Balaban J connectivity index is 2.17. The number of amides is 1. The third-order valence-corrected chi connectivity index (χ3v) is 12.7. The number of carbonyl (C=O) groups excluding carboxylic acids is 2. The minimum atomic E-state index is -2.02. The Bertz CT molecular complexity index is 749. The zero-order valence-corrected chi connectivity index (χ0v) is 23.5. The van der Waals surface area contributed by atoms with Gasteiger partial charge in [-0.15, -0.1) is 0 Å². The Morgan fingerprint density at radius 2 is 1.91 bits per heavy atom. The second-order valence-corrected chi connectivity index (χ2v) is 17.0. The summed E-state index contributed by atoms with van der Waals surface area (Å²) in [4.78, 5) is 26.8. The Morgan fingerprint density at radius 1 is 1.28 bits per heavy atom. The molecule has 5 atom stereocenters. The lowest BCUT2D eigenvalue weighted by Gasteiger charge is -2.40. The van der Waals surface area contributed by atoms with Crippen LogP contribution in [0.5, 0.6) is 0 Å².